The van der Waals surface area contributed by atoms with Crippen molar-refractivity contribution >= 4 is 5.97 Å². The number of carboxylic acid groups (broad SMARTS) is 1. The van der Waals surface area contributed by atoms with Crippen molar-refractivity contribution in [3.05, 3.63) is 12.7 Å². The highest BCUT2D eigenvalue weighted by molar-refractivity contribution is 5.78. The number of carbonyl (C=O) groups is 1. The predicted molar refractivity (Wildman–Crippen MR) is 56.5 cm³/mol. The van der Waals surface area contributed by atoms with Gasteiger partial charge in [-0.25, -0.2) is 4.79 Å². The zero-order chi connectivity index (χ0) is 13.6. The van der Waals surface area contributed by atoms with E-state index in [1.807, 2.05) is 0 Å². The van der Waals surface area contributed by atoms with Crippen LogP contribution in [0.4, 0.5) is 0 Å². The number of ether oxygens (including phenoxy) is 1. The Morgan fingerprint density at radius 2 is 1.50 bits per heavy atom. The van der Waals surface area contributed by atoms with Crippen molar-refractivity contribution in [1.29, 1.82) is 0 Å². The third kappa shape index (κ3) is 52.0. The second-order valence-corrected chi connectivity index (χ2v) is 2.32. The van der Waals surface area contributed by atoms with Crippen LogP contribution in [0.2, 0.25) is 0 Å². The van der Waals surface area contributed by atoms with Crippen LogP contribution in [-0.2, 0) is 9.53 Å². The number of hydrogen-bond acceptors (Lipinski definition) is 6. The fourth-order valence-electron chi connectivity index (χ4n) is 0.285. The van der Waals surface area contributed by atoms with Gasteiger partial charge in [-0.15, -0.1) is 0 Å². The molecule has 0 aromatic carbocycles. The topological polar surface area (TPSA) is 127 Å². The minimum Gasteiger partial charge on any atom is -0.478 e. The van der Waals surface area contributed by atoms with Crippen LogP contribution in [0.5, 0.6) is 0 Å². The normalized spacial score (nSPS) is 12.1. The van der Waals surface area contributed by atoms with Gasteiger partial charge in [-0.1, -0.05) is 6.58 Å². The molecule has 5 N–H and O–H groups in total. The molecule has 7 nitrogen and oxygen atoms in total. The van der Waals surface area contributed by atoms with Crippen molar-refractivity contribution in [3.63, 3.8) is 0 Å². The quantitative estimate of drug-likeness (QED) is 0.312. The number of aliphatic hydroxyl groups is 4. The van der Waals surface area contributed by atoms with Gasteiger partial charge in [0.2, 0.25) is 0 Å². The summed E-state index contributed by atoms with van der Waals surface area (Å²) in [5.74, 6) is -0.981. The van der Waals surface area contributed by atoms with Gasteiger partial charge in [0.1, 0.15) is 0 Å². The van der Waals surface area contributed by atoms with Crippen molar-refractivity contribution in [1.82, 2.24) is 0 Å². The van der Waals surface area contributed by atoms with Crippen LogP contribution >= 0.6 is 0 Å². The van der Waals surface area contributed by atoms with E-state index in [0.29, 0.717) is 0 Å². The molecule has 0 aliphatic heterocycles. The minimum absolute atomic E-state index is 0.125. The second kappa shape index (κ2) is 16.4. The predicted octanol–water partition coefficient (Wildman–Crippen LogP) is -1.09. The molecule has 0 fully saturated rings. The Morgan fingerprint density at radius 1 is 1.25 bits per heavy atom. The zero-order valence-corrected chi connectivity index (χ0v) is 9.41. The molecule has 16 heavy (non-hydrogen) atoms. The molecule has 7 heteroatoms. The van der Waals surface area contributed by atoms with E-state index in [1.165, 1.54) is 13.8 Å². The fourth-order valence-corrected chi connectivity index (χ4v) is 0.285. The maximum absolute atomic E-state index is 9.25. The summed E-state index contributed by atoms with van der Waals surface area (Å²) in [6.45, 7) is 5.59. The van der Waals surface area contributed by atoms with Gasteiger partial charge >= 0.3 is 5.97 Å². The number of carboxylic acids is 1. The molecular formula is C9H20O7. The lowest BCUT2D eigenvalue weighted by Gasteiger charge is -2.07. The first kappa shape index (κ1) is 20.4. The Balaban J connectivity index is -0.000000166. The Kier molecular flexibility index (Phi) is 21.0. The molecule has 0 saturated heterocycles. The van der Waals surface area contributed by atoms with E-state index in [-0.39, 0.29) is 13.2 Å². The van der Waals surface area contributed by atoms with Crippen molar-refractivity contribution in [2.24, 2.45) is 0 Å². The standard InChI is InChI=1S/C4H10O3.C3H4O2.C2H6O2/c1-3(5)7-4(2)6;1-2-3(4)5;3-1-2-4/h3-6H,1-2H3;2H,1H2,(H,4,5);3-4H,1-2H2. The van der Waals surface area contributed by atoms with Crippen LogP contribution in [-0.4, -0.2) is 57.3 Å². The highest BCUT2D eigenvalue weighted by Gasteiger charge is 1.97. The third-order valence-electron chi connectivity index (χ3n) is 0.669. The van der Waals surface area contributed by atoms with Gasteiger partial charge in [-0.05, 0) is 13.8 Å². The van der Waals surface area contributed by atoms with Crippen molar-refractivity contribution in [2.75, 3.05) is 13.2 Å². The van der Waals surface area contributed by atoms with Gasteiger partial charge in [-0.3, -0.25) is 0 Å². The molecule has 0 amide bonds. The average Bonchev–Trinajstić information content (AvgIpc) is 2.17. The Morgan fingerprint density at radius 3 is 1.50 bits per heavy atom. The van der Waals surface area contributed by atoms with E-state index >= 15 is 0 Å². The van der Waals surface area contributed by atoms with Crippen LogP contribution in [0, 0.1) is 0 Å². The molecule has 0 aromatic heterocycles. The maximum atomic E-state index is 9.25. The van der Waals surface area contributed by atoms with E-state index in [2.05, 4.69) is 11.3 Å². The summed E-state index contributed by atoms with van der Waals surface area (Å²) in [5.41, 5.74) is 0. The molecular weight excluding hydrogens is 220 g/mol. The highest BCUT2D eigenvalue weighted by Crippen LogP contribution is 1.87. The summed E-state index contributed by atoms with van der Waals surface area (Å²) in [6.07, 6.45) is -0.917. The van der Waals surface area contributed by atoms with Gasteiger partial charge in [-0.2, -0.15) is 0 Å². The van der Waals surface area contributed by atoms with Crippen LogP contribution < -0.4 is 0 Å². The van der Waals surface area contributed by atoms with Crippen LogP contribution in [0.15, 0.2) is 12.7 Å². The first-order valence-corrected chi connectivity index (χ1v) is 4.40. The first-order valence-electron chi connectivity index (χ1n) is 4.40. The molecule has 0 aromatic rings. The van der Waals surface area contributed by atoms with Gasteiger partial charge < -0.3 is 30.3 Å². The lowest BCUT2D eigenvalue weighted by Crippen LogP contribution is -2.14. The monoisotopic (exact) mass is 240 g/mol. The molecule has 0 spiro atoms. The number of aliphatic hydroxyl groups excluding tert-OH is 4. The maximum Gasteiger partial charge on any atom is 0.327 e. The average molecular weight is 240 g/mol. The van der Waals surface area contributed by atoms with Crippen molar-refractivity contribution in [2.45, 2.75) is 26.4 Å². The van der Waals surface area contributed by atoms with E-state index in [0.717, 1.165) is 6.08 Å². The lowest BCUT2D eigenvalue weighted by molar-refractivity contribution is -0.190. The molecule has 0 saturated carbocycles. The summed E-state index contributed by atoms with van der Waals surface area (Å²) in [6, 6.07) is 0. The smallest absolute Gasteiger partial charge is 0.327 e. The molecule has 0 radical (unpaired) electrons. The highest BCUT2D eigenvalue weighted by atomic mass is 16.7. The largest absolute Gasteiger partial charge is 0.478 e. The first-order chi connectivity index (χ1) is 7.31. The molecule has 0 bridgehead atoms. The lowest BCUT2D eigenvalue weighted by atomic mass is 10.7. The summed E-state index contributed by atoms with van der Waals surface area (Å²) in [7, 11) is 0. The Hall–Kier alpha value is -0.990. The third-order valence-corrected chi connectivity index (χ3v) is 0.669. The molecule has 0 aliphatic carbocycles. The van der Waals surface area contributed by atoms with Gasteiger partial charge in [0.25, 0.3) is 0 Å². The van der Waals surface area contributed by atoms with Crippen LogP contribution in [0.25, 0.3) is 0 Å². The summed E-state index contributed by atoms with van der Waals surface area (Å²) in [5, 5.41) is 39.5. The number of hydrogen-bond donors (Lipinski definition) is 5. The number of aliphatic carboxylic acids is 1. The Bertz CT molecular complexity index is 148. The van der Waals surface area contributed by atoms with Gasteiger partial charge in [0, 0.05) is 6.08 Å². The zero-order valence-electron chi connectivity index (χ0n) is 9.41. The second-order valence-electron chi connectivity index (χ2n) is 2.32. The molecule has 0 rings (SSSR count). The van der Waals surface area contributed by atoms with E-state index in [1.54, 1.807) is 0 Å². The molecule has 98 valence electrons. The Labute approximate surface area is 94.2 Å². The molecule has 2 atom stereocenters. The van der Waals surface area contributed by atoms with Gasteiger partial charge in [0.15, 0.2) is 12.6 Å². The SMILES string of the molecule is C=CC(=O)O.CC(O)OC(C)O.OCCO. The van der Waals surface area contributed by atoms with Gasteiger partial charge in [0.05, 0.1) is 13.2 Å². The van der Waals surface area contributed by atoms with Crippen molar-refractivity contribution in [3.8, 4) is 0 Å². The summed E-state index contributed by atoms with van der Waals surface area (Å²) in [4.78, 5) is 9.25. The molecule has 2 unspecified atom stereocenters. The van der Waals surface area contributed by atoms with E-state index < -0.39 is 18.5 Å². The van der Waals surface area contributed by atoms with Crippen molar-refractivity contribution < 1.29 is 35.1 Å². The summed E-state index contributed by atoms with van der Waals surface area (Å²) < 4.78 is 4.36. The van der Waals surface area contributed by atoms with E-state index in [9.17, 15) is 4.79 Å². The fraction of sp³-hybridized carbons (Fsp3) is 0.667. The minimum atomic E-state index is -0.981. The molecule has 0 aliphatic rings. The number of rotatable bonds is 4. The van der Waals surface area contributed by atoms with Crippen LogP contribution in [0.1, 0.15) is 13.8 Å². The summed E-state index contributed by atoms with van der Waals surface area (Å²) >= 11 is 0. The van der Waals surface area contributed by atoms with E-state index in [4.69, 9.17) is 25.5 Å². The molecule has 0 heterocycles. The van der Waals surface area contributed by atoms with Crippen LogP contribution in [0.3, 0.4) is 0 Å².